The number of aryl methyl sites for hydroxylation is 1. The summed E-state index contributed by atoms with van der Waals surface area (Å²) < 4.78 is 5.69. The third-order valence-corrected chi connectivity index (χ3v) is 5.55. The molecule has 24 heavy (non-hydrogen) atoms. The van der Waals surface area contributed by atoms with Crippen LogP contribution >= 0.6 is 11.3 Å². The molecule has 130 valence electrons. The van der Waals surface area contributed by atoms with Crippen molar-refractivity contribution in [2.24, 2.45) is 5.92 Å². The summed E-state index contributed by atoms with van der Waals surface area (Å²) in [6.07, 6.45) is 5.55. The number of carbonyl (C=O) groups excluding carboxylic acids is 1. The van der Waals surface area contributed by atoms with Crippen LogP contribution in [0.3, 0.4) is 0 Å². The Labute approximate surface area is 146 Å². The molecule has 1 aliphatic rings. The number of aliphatic hydroxyl groups excluding tert-OH is 1. The maximum atomic E-state index is 12.4. The van der Waals surface area contributed by atoms with E-state index in [1.54, 1.807) is 11.3 Å². The Morgan fingerprint density at radius 2 is 2.25 bits per heavy atom. The maximum Gasteiger partial charge on any atom is 0.236 e. The fourth-order valence-electron chi connectivity index (χ4n) is 3.30. The second kappa shape index (κ2) is 7.94. The van der Waals surface area contributed by atoms with Crippen molar-refractivity contribution >= 4 is 17.2 Å². The molecule has 0 bridgehead atoms. The van der Waals surface area contributed by atoms with E-state index in [0.29, 0.717) is 17.3 Å². The average Bonchev–Trinajstić information content (AvgIpc) is 3.15. The second-order valence-corrected chi connectivity index (χ2v) is 7.38. The zero-order valence-corrected chi connectivity index (χ0v) is 14.8. The predicted molar refractivity (Wildman–Crippen MR) is 93.8 cm³/mol. The van der Waals surface area contributed by atoms with Gasteiger partial charge in [0.05, 0.1) is 17.0 Å². The van der Waals surface area contributed by atoms with E-state index in [-0.39, 0.29) is 30.9 Å². The molecule has 3 rings (SSSR count). The highest BCUT2D eigenvalue weighted by atomic mass is 32.1. The molecule has 0 saturated heterocycles. The molecule has 6 heteroatoms. The van der Waals surface area contributed by atoms with Gasteiger partial charge in [0.2, 0.25) is 11.8 Å². The van der Waals surface area contributed by atoms with Crippen LogP contribution in [0.15, 0.2) is 21.9 Å². The molecule has 0 aliphatic heterocycles. The largest absolute Gasteiger partial charge is 0.440 e. The summed E-state index contributed by atoms with van der Waals surface area (Å²) in [6.45, 7) is 1.98. The predicted octanol–water partition coefficient (Wildman–Crippen LogP) is 3.31. The van der Waals surface area contributed by atoms with Crippen molar-refractivity contribution in [3.8, 4) is 10.8 Å². The minimum Gasteiger partial charge on any atom is -0.440 e. The molecule has 0 radical (unpaired) electrons. The van der Waals surface area contributed by atoms with Crippen LogP contribution in [0, 0.1) is 12.8 Å². The number of hydrogen-bond acceptors (Lipinski definition) is 5. The van der Waals surface area contributed by atoms with Gasteiger partial charge in [-0.1, -0.05) is 25.3 Å². The Morgan fingerprint density at radius 3 is 3.00 bits per heavy atom. The average molecular weight is 348 g/mol. The summed E-state index contributed by atoms with van der Waals surface area (Å²) in [7, 11) is 0. The van der Waals surface area contributed by atoms with Crippen molar-refractivity contribution in [3.63, 3.8) is 0 Å². The van der Waals surface area contributed by atoms with Gasteiger partial charge in [-0.15, -0.1) is 11.3 Å². The van der Waals surface area contributed by atoms with Gasteiger partial charge in [0.15, 0.2) is 0 Å². The number of hydrogen-bond donors (Lipinski definition) is 2. The smallest absolute Gasteiger partial charge is 0.236 e. The highest BCUT2D eigenvalue weighted by Crippen LogP contribution is 2.26. The SMILES string of the molecule is Cc1oc(-c2cccs2)nc1CC(=O)NC1CCCCCC1CO. The van der Waals surface area contributed by atoms with Gasteiger partial charge in [-0.25, -0.2) is 4.98 Å². The number of carbonyl (C=O) groups is 1. The Balaban J connectivity index is 1.64. The third-order valence-electron chi connectivity index (χ3n) is 4.69. The third kappa shape index (κ3) is 4.05. The molecule has 0 aromatic carbocycles. The lowest BCUT2D eigenvalue weighted by Crippen LogP contribution is -2.41. The lowest BCUT2D eigenvalue weighted by Gasteiger charge is -2.24. The van der Waals surface area contributed by atoms with Crippen LogP contribution in [0.5, 0.6) is 0 Å². The molecule has 0 spiro atoms. The minimum atomic E-state index is -0.0468. The number of thiophene rings is 1. The van der Waals surface area contributed by atoms with Gasteiger partial charge in [0.25, 0.3) is 0 Å². The van der Waals surface area contributed by atoms with Crippen molar-refractivity contribution < 1.29 is 14.3 Å². The molecule has 2 heterocycles. The normalized spacial score (nSPS) is 21.4. The fraction of sp³-hybridized carbons (Fsp3) is 0.556. The quantitative estimate of drug-likeness (QED) is 0.813. The molecule has 2 atom stereocenters. The van der Waals surface area contributed by atoms with Crippen LogP contribution in [-0.4, -0.2) is 28.6 Å². The Morgan fingerprint density at radius 1 is 1.42 bits per heavy atom. The van der Waals surface area contributed by atoms with Crippen molar-refractivity contribution in [1.82, 2.24) is 10.3 Å². The highest BCUT2D eigenvalue weighted by Gasteiger charge is 2.25. The van der Waals surface area contributed by atoms with Crippen molar-refractivity contribution in [1.29, 1.82) is 0 Å². The number of amides is 1. The first-order valence-electron chi connectivity index (χ1n) is 8.57. The molecule has 2 aromatic rings. The van der Waals surface area contributed by atoms with E-state index in [2.05, 4.69) is 10.3 Å². The van der Waals surface area contributed by atoms with Crippen molar-refractivity contribution in [2.45, 2.75) is 51.5 Å². The number of aliphatic hydroxyl groups is 1. The molecule has 2 unspecified atom stereocenters. The summed E-state index contributed by atoms with van der Waals surface area (Å²) in [5.41, 5.74) is 0.685. The second-order valence-electron chi connectivity index (χ2n) is 6.43. The Bertz CT molecular complexity index is 666. The van der Waals surface area contributed by atoms with Crippen LogP contribution in [0.25, 0.3) is 10.8 Å². The van der Waals surface area contributed by atoms with E-state index in [1.165, 1.54) is 6.42 Å². The summed E-state index contributed by atoms with van der Waals surface area (Å²) in [5, 5.41) is 14.6. The number of nitrogens with one attached hydrogen (secondary N) is 1. The molecule has 2 aromatic heterocycles. The van der Waals surface area contributed by atoms with Gasteiger partial charge in [0, 0.05) is 18.6 Å². The zero-order valence-electron chi connectivity index (χ0n) is 14.0. The van der Waals surface area contributed by atoms with Crippen molar-refractivity contribution in [2.75, 3.05) is 6.61 Å². The van der Waals surface area contributed by atoms with Gasteiger partial charge >= 0.3 is 0 Å². The van der Waals surface area contributed by atoms with E-state index in [1.807, 2.05) is 24.4 Å². The maximum absolute atomic E-state index is 12.4. The molecular weight excluding hydrogens is 324 g/mol. The Kier molecular flexibility index (Phi) is 5.68. The lowest BCUT2D eigenvalue weighted by atomic mass is 9.95. The fourth-order valence-corrected chi connectivity index (χ4v) is 3.95. The van der Waals surface area contributed by atoms with Gasteiger partial charge in [-0.2, -0.15) is 0 Å². The number of nitrogens with zero attached hydrogens (tertiary/aromatic N) is 1. The van der Waals surface area contributed by atoms with Crippen LogP contribution in [0.2, 0.25) is 0 Å². The monoisotopic (exact) mass is 348 g/mol. The number of aromatic nitrogens is 1. The summed E-state index contributed by atoms with van der Waals surface area (Å²) in [4.78, 5) is 17.9. The molecule has 1 aliphatic carbocycles. The number of oxazole rings is 1. The Hall–Kier alpha value is -1.66. The highest BCUT2D eigenvalue weighted by molar-refractivity contribution is 7.13. The van der Waals surface area contributed by atoms with E-state index >= 15 is 0 Å². The van der Waals surface area contributed by atoms with E-state index in [0.717, 1.165) is 30.6 Å². The minimum absolute atomic E-state index is 0.0468. The zero-order chi connectivity index (χ0) is 16.9. The topological polar surface area (TPSA) is 75.4 Å². The van der Waals surface area contributed by atoms with Gasteiger partial charge in [0.1, 0.15) is 5.76 Å². The van der Waals surface area contributed by atoms with Crippen LogP contribution in [0.1, 0.15) is 43.6 Å². The molecule has 5 nitrogen and oxygen atoms in total. The first kappa shape index (κ1) is 17.2. The van der Waals surface area contributed by atoms with Crippen LogP contribution in [-0.2, 0) is 11.2 Å². The molecular formula is C18H24N2O3S. The molecule has 1 saturated carbocycles. The summed E-state index contributed by atoms with van der Waals surface area (Å²) in [5.74, 6) is 1.38. The van der Waals surface area contributed by atoms with Crippen LogP contribution in [0.4, 0.5) is 0 Å². The lowest BCUT2D eigenvalue weighted by molar-refractivity contribution is -0.121. The van der Waals surface area contributed by atoms with E-state index in [4.69, 9.17) is 4.42 Å². The first-order chi connectivity index (χ1) is 11.7. The van der Waals surface area contributed by atoms with E-state index in [9.17, 15) is 9.90 Å². The standard InChI is InChI=1S/C18H24N2O3S/c1-12-15(20-18(23-12)16-8-5-9-24-16)10-17(22)19-14-7-4-2-3-6-13(14)11-21/h5,8-9,13-14,21H,2-4,6-7,10-11H2,1H3,(H,19,22). The van der Waals surface area contributed by atoms with Crippen molar-refractivity contribution in [3.05, 3.63) is 29.0 Å². The number of rotatable bonds is 5. The molecule has 1 fully saturated rings. The molecule has 2 N–H and O–H groups in total. The van der Waals surface area contributed by atoms with E-state index < -0.39 is 0 Å². The van der Waals surface area contributed by atoms with Gasteiger partial charge in [-0.3, -0.25) is 4.79 Å². The summed E-state index contributed by atoms with van der Waals surface area (Å²) >= 11 is 1.57. The molecule has 1 amide bonds. The summed E-state index contributed by atoms with van der Waals surface area (Å²) in [6, 6.07) is 3.97. The van der Waals surface area contributed by atoms with Gasteiger partial charge in [-0.05, 0) is 31.2 Å². The van der Waals surface area contributed by atoms with Crippen LogP contribution < -0.4 is 5.32 Å². The first-order valence-corrected chi connectivity index (χ1v) is 9.45. The van der Waals surface area contributed by atoms with Gasteiger partial charge < -0.3 is 14.8 Å².